The fourth-order valence-corrected chi connectivity index (χ4v) is 2.64. The lowest BCUT2D eigenvalue weighted by atomic mass is 10.2. The molecular weight excluding hydrogens is 232 g/mol. The number of primary amides is 1. The van der Waals surface area contributed by atoms with Crippen molar-refractivity contribution in [2.24, 2.45) is 11.5 Å². The van der Waals surface area contributed by atoms with Gasteiger partial charge in [-0.1, -0.05) is 18.7 Å². The van der Waals surface area contributed by atoms with Crippen molar-refractivity contribution < 1.29 is 4.79 Å². The molecule has 1 atom stereocenters. The summed E-state index contributed by atoms with van der Waals surface area (Å²) in [5, 5.41) is 0. The number of aromatic nitrogens is 2. The van der Waals surface area contributed by atoms with E-state index in [0.29, 0.717) is 6.42 Å². The molecule has 0 radical (unpaired) electrons. The monoisotopic (exact) mass is 246 g/mol. The average Bonchev–Trinajstić information content (AvgIpc) is 2.65. The highest BCUT2D eigenvalue weighted by Gasteiger charge is 2.09. The van der Waals surface area contributed by atoms with Crippen LogP contribution in [0.3, 0.4) is 0 Å². The summed E-state index contributed by atoms with van der Waals surface area (Å²) in [7, 11) is 0. The molecule has 0 fully saturated rings. The fraction of sp³-hybridized carbons (Fsp3) is 0.625. The van der Waals surface area contributed by atoms with E-state index in [1.165, 1.54) is 11.5 Å². The predicted octanol–water partition coefficient (Wildman–Crippen LogP) is 0.395. The molecule has 1 aromatic rings. The summed E-state index contributed by atoms with van der Waals surface area (Å²) < 4.78 is 5.07. The van der Waals surface area contributed by atoms with E-state index in [1.807, 2.05) is 6.92 Å². The first kappa shape index (κ1) is 12.4. The number of hydrogen-bond donors (Lipinski definition) is 2. The van der Waals surface area contributed by atoms with Gasteiger partial charge in [0.05, 0.1) is 6.04 Å². The third-order valence-electron chi connectivity index (χ3n) is 1.79. The average molecular weight is 246 g/mol. The third-order valence-corrected chi connectivity index (χ3v) is 3.69. The lowest BCUT2D eigenvalue weighted by Gasteiger charge is -2.04. The number of amides is 1. The Morgan fingerprint density at radius 2 is 2.40 bits per heavy atom. The molecule has 7 heteroatoms. The topological polar surface area (TPSA) is 94.9 Å². The number of hydrogen-bond acceptors (Lipinski definition) is 6. The summed E-state index contributed by atoms with van der Waals surface area (Å²) in [6.45, 7) is 2.01. The molecule has 0 aliphatic heterocycles. The molecule has 1 amide bonds. The maximum atomic E-state index is 10.7. The maximum absolute atomic E-state index is 10.7. The van der Waals surface area contributed by atoms with Crippen LogP contribution in [0.25, 0.3) is 0 Å². The van der Waals surface area contributed by atoms with Gasteiger partial charge in [-0.15, -0.1) is 0 Å². The summed E-state index contributed by atoms with van der Waals surface area (Å²) in [5.74, 6) is 1.14. The number of nitrogens with zero attached hydrogens (tertiary/aromatic N) is 2. The van der Waals surface area contributed by atoms with Gasteiger partial charge < -0.3 is 11.5 Å². The minimum atomic E-state index is -0.559. The number of nitrogens with two attached hydrogens (primary N) is 2. The first-order chi connectivity index (χ1) is 7.13. The van der Waals surface area contributed by atoms with Crippen LogP contribution in [-0.4, -0.2) is 27.1 Å². The van der Waals surface area contributed by atoms with Gasteiger partial charge in [-0.2, -0.15) is 4.37 Å². The van der Waals surface area contributed by atoms with E-state index in [4.69, 9.17) is 11.5 Å². The first-order valence-corrected chi connectivity index (χ1v) is 6.39. The van der Waals surface area contributed by atoms with Gasteiger partial charge in [-0.3, -0.25) is 4.79 Å². The SMILES string of the molecule is CCc1nsc(SCCC(N)C(N)=O)n1. The molecule has 4 N–H and O–H groups in total. The molecule has 1 aromatic heterocycles. The van der Waals surface area contributed by atoms with Crippen molar-refractivity contribution in [1.29, 1.82) is 0 Å². The first-order valence-electron chi connectivity index (χ1n) is 4.63. The van der Waals surface area contributed by atoms with Gasteiger partial charge >= 0.3 is 0 Å². The molecular formula is C8H14N4OS2. The van der Waals surface area contributed by atoms with Crippen LogP contribution < -0.4 is 11.5 Å². The van der Waals surface area contributed by atoms with Crippen molar-refractivity contribution >= 4 is 29.2 Å². The molecule has 1 heterocycles. The smallest absolute Gasteiger partial charge is 0.234 e. The van der Waals surface area contributed by atoms with Gasteiger partial charge in [0.15, 0.2) is 4.34 Å². The summed E-state index contributed by atoms with van der Waals surface area (Å²) in [4.78, 5) is 14.9. The van der Waals surface area contributed by atoms with E-state index in [9.17, 15) is 4.79 Å². The number of carbonyl (C=O) groups excluding carboxylic acids is 1. The van der Waals surface area contributed by atoms with Crippen molar-refractivity contribution in [3.63, 3.8) is 0 Å². The second-order valence-electron chi connectivity index (χ2n) is 2.98. The lowest BCUT2D eigenvalue weighted by Crippen LogP contribution is -2.36. The van der Waals surface area contributed by atoms with Crippen molar-refractivity contribution in [1.82, 2.24) is 9.36 Å². The van der Waals surface area contributed by atoms with Gasteiger partial charge in [-0.05, 0) is 18.0 Å². The zero-order chi connectivity index (χ0) is 11.3. The van der Waals surface area contributed by atoms with Gasteiger partial charge in [0.1, 0.15) is 5.82 Å². The highest BCUT2D eigenvalue weighted by atomic mass is 32.2. The zero-order valence-corrected chi connectivity index (χ0v) is 10.1. The number of aryl methyl sites for hydroxylation is 1. The second kappa shape index (κ2) is 6.04. The van der Waals surface area contributed by atoms with Crippen molar-refractivity contribution in [3.05, 3.63) is 5.82 Å². The summed E-state index contributed by atoms with van der Waals surface area (Å²) in [6, 6.07) is -0.559. The Hall–Kier alpha value is -0.660. The van der Waals surface area contributed by atoms with Crippen LogP contribution in [0.1, 0.15) is 19.2 Å². The highest BCUT2D eigenvalue weighted by molar-refractivity contribution is 8.00. The molecule has 5 nitrogen and oxygen atoms in total. The molecule has 1 unspecified atom stereocenters. The van der Waals surface area contributed by atoms with Crippen LogP contribution in [0.4, 0.5) is 0 Å². The zero-order valence-electron chi connectivity index (χ0n) is 8.47. The number of thioether (sulfide) groups is 1. The molecule has 0 spiro atoms. The predicted molar refractivity (Wildman–Crippen MR) is 61.8 cm³/mol. The van der Waals surface area contributed by atoms with Crippen LogP contribution in [-0.2, 0) is 11.2 Å². The van der Waals surface area contributed by atoms with Crippen LogP contribution in [0.15, 0.2) is 4.34 Å². The molecule has 15 heavy (non-hydrogen) atoms. The Kier molecular flexibility index (Phi) is 5.00. The molecule has 0 aromatic carbocycles. The Labute approximate surface area is 96.8 Å². The quantitative estimate of drug-likeness (QED) is 0.708. The van der Waals surface area contributed by atoms with E-state index < -0.39 is 11.9 Å². The second-order valence-corrected chi connectivity index (χ2v) is 5.07. The van der Waals surface area contributed by atoms with E-state index >= 15 is 0 Å². The van der Waals surface area contributed by atoms with Crippen LogP contribution in [0.2, 0.25) is 0 Å². The van der Waals surface area contributed by atoms with Crippen molar-refractivity contribution in [2.45, 2.75) is 30.1 Å². The lowest BCUT2D eigenvalue weighted by molar-refractivity contribution is -0.119. The maximum Gasteiger partial charge on any atom is 0.234 e. The van der Waals surface area contributed by atoms with Gasteiger partial charge in [0, 0.05) is 12.2 Å². The van der Waals surface area contributed by atoms with E-state index in [0.717, 1.165) is 22.3 Å². The molecule has 0 aliphatic rings. The Morgan fingerprint density at radius 1 is 1.67 bits per heavy atom. The Morgan fingerprint density at radius 3 is 2.93 bits per heavy atom. The van der Waals surface area contributed by atoms with Crippen molar-refractivity contribution in [3.8, 4) is 0 Å². The highest BCUT2D eigenvalue weighted by Crippen LogP contribution is 2.21. The van der Waals surface area contributed by atoms with E-state index in [-0.39, 0.29) is 0 Å². The van der Waals surface area contributed by atoms with Crippen LogP contribution >= 0.6 is 23.3 Å². The minimum Gasteiger partial charge on any atom is -0.368 e. The fourth-order valence-electron chi connectivity index (χ4n) is 0.856. The van der Waals surface area contributed by atoms with Crippen LogP contribution in [0.5, 0.6) is 0 Å². The minimum absolute atomic E-state index is 0.456. The Bertz CT molecular complexity index is 328. The van der Waals surface area contributed by atoms with Crippen molar-refractivity contribution in [2.75, 3.05) is 5.75 Å². The van der Waals surface area contributed by atoms with E-state index in [1.54, 1.807) is 11.8 Å². The molecule has 0 aliphatic carbocycles. The normalized spacial score (nSPS) is 12.7. The van der Waals surface area contributed by atoms with E-state index in [2.05, 4.69) is 9.36 Å². The molecule has 1 rings (SSSR count). The number of carbonyl (C=O) groups is 1. The summed E-state index contributed by atoms with van der Waals surface area (Å²) in [5.41, 5.74) is 10.5. The summed E-state index contributed by atoms with van der Waals surface area (Å²) >= 11 is 2.94. The largest absolute Gasteiger partial charge is 0.368 e. The standard InChI is InChI=1S/C8H14N4OS2/c1-2-6-11-8(15-12-6)14-4-3-5(9)7(10)13/h5H,2-4,9H2,1H3,(H2,10,13). The molecule has 0 saturated carbocycles. The third kappa shape index (κ3) is 4.15. The van der Waals surface area contributed by atoms with Gasteiger partial charge in [-0.25, -0.2) is 4.98 Å². The molecule has 84 valence electrons. The molecule has 0 bridgehead atoms. The van der Waals surface area contributed by atoms with Gasteiger partial charge in [0.25, 0.3) is 0 Å². The Balaban J connectivity index is 2.28. The number of rotatable bonds is 6. The molecule has 0 saturated heterocycles. The van der Waals surface area contributed by atoms with Gasteiger partial charge in [0.2, 0.25) is 5.91 Å². The summed E-state index contributed by atoms with van der Waals surface area (Å²) in [6.07, 6.45) is 1.42. The van der Waals surface area contributed by atoms with Crippen LogP contribution in [0, 0.1) is 0 Å².